The smallest absolute Gasteiger partial charge is 0.268 e. The maximum Gasteiger partial charge on any atom is 0.268 e. The predicted octanol–water partition coefficient (Wildman–Crippen LogP) is 6.62. The fourth-order valence-corrected chi connectivity index (χ4v) is 6.22. The van der Waals surface area contributed by atoms with Crippen LogP contribution in [0.3, 0.4) is 0 Å². The molecule has 8 nitrogen and oxygen atoms in total. The van der Waals surface area contributed by atoms with Crippen LogP contribution in [0.5, 0.6) is 11.5 Å². The zero-order chi connectivity index (χ0) is 33.4. The molecular formula is C38H41N3O5. The molecule has 8 heteroatoms. The maximum atomic E-state index is 13.9. The molecular weight excluding hydrogens is 578 g/mol. The SMILES string of the molecule is C=CC(C)(C)c1[nH]c2ccccc2c1/C=C1\NC(=O)[C@]2(C[C@@H](/C=C/c3c(O)cc(CC=C(C)C)c(O)c3C=O)C=C[C@@H]2C)NC1=O. The van der Waals surface area contributed by atoms with Crippen molar-refractivity contribution in [2.24, 2.45) is 11.8 Å². The highest BCUT2D eigenvalue weighted by molar-refractivity contribution is 6.10. The summed E-state index contributed by atoms with van der Waals surface area (Å²) < 4.78 is 0. The van der Waals surface area contributed by atoms with Gasteiger partial charge in [-0.2, -0.15) is 0 Å². The monoisotopic (exact) mass is 619 g/mol. The van der Waals surface area contributed by atoms with Crippen molar-refractivity contribution in [3.63, 3.8) is 0 Å². The average Bonchev–Trinajstić information content (AvgIpc) is 3.40. The molecule has 46 heavy (non-hydrogen) atoms. The van der Waals surface area contributed by atoms with Crippen LogP contribution in [0.15, 0.2) is 78.6 Å². The number of hydrogen-bond acceptors (Lipinski definition) is 5. The predicted molar refractivity (Wildman–Crippen MR) is 182 cm³/mol. The fraction of sp³-hybridized carbons (Fsp3) is 0.289. The van der Waals surface area contributed by atoms with Crippen LogP contribution >= 0.6 is 0 Å². The number of allylic oxidation sites excluding steroid dienone is 5. The number of hydrogen-bond donors (Lipinski definition) is 5. The second kappa shape index (κ2) is 12.4. The number of benzene rings is 2. The van der Waals surface area contributed by atoms with Crippen molar-refractivity contribution in [1.29, 1.82) is 0 Å². The summed E-state index contributed by atoms with van der Waals surface area (Å²) in [6.45, 7) is 13.8. The topological polar surface area (TPSA) is 132 Å². The number of aromatic amines is 1. The number of carbonyl (C=O) groups is 3. The molecule has 0 radical (unpaired) electrons. The third-order valence-corrected chi connectivity index (χ3v) is 9.20. The molecule has 0 unspecified atom stereocenters. The Bertz CT molecular complexity index is 1870. The molecule has 1 spiro atoms. The molecule has 2 heterocycles. The van der Waals surface area contributed by atoms with E-state index >= 15 is 0 Å². The Morgan fingerprint density at radius 3 is 2.54 bits per heavy atom. The summed E-state index contributed by atoms with van der Waals surface area (Å²) in [5, 5.41) is 28.4. The van der Waals surface area contributed by atoms with Gasteiger partial charge >= 0.3 is 0 Å². The third kappa shape index (κ3) is 5.83. The van der Waals surface area contributed by atoms with Gasteiger partial charge in [-0.1, -0.05) is 81.0 Å². The van der Waals surface area contributed by atoms with Crippen molar-refractivity contribution < 1.29 is 24.6 Å². The van der Waals surface area contributed by atoms with Gasteiger partial charge in [0.15, 0.2) is 6.29 Å². The van der Waals surface area contributed by atoms with Crippen molar-refractivity contribution in [3.05, 3.63) is 107 Å². The number of phenolic OH excluding ortho intramolecular Hbond substituents is 2. The minimum atomic E-state index is -1.21. The molecule has 0 bridgehead atoms. The Balaban J connectivity index is 1.44. The summed E-state index contributed by atoms with van der Waals surface area (Å²) in [6, 6.07) is 9.27. The Morgan fingerprint density at radius 1 is 1.11 bits per heavy atom. The van der Waals surface area contributed by atoms with E-state index < -0.39 is 16.9 Å². The highest BCUT2D eigenvalue weighted by Crippen LogP contribution is 2.39. The van der Waals surface area contributed by atoms with Crippen LogP contribution < -0.4 is 10.6 Å². The van der Waals surface area contributed by atoms with E-state index in [2.05, 4.69) is 22.2 Å². The number of H-pyrrole nitrogens is 1. The normalized spacial score (nSPS) is 22.3. The van der Waals surface area contributed by atoms with E-state index in [9.17, 15) is 24.6 Å². The average molecular weight is 620 g/mol. The van der Waals surface area contributed by atoms with Gasteiger partial charge in [-0.3, -0.25) is 14.4 Å². The lowest BCUT2D eigenvalue weighted by atomic mass is 9.71. The van der Waals surface area contributed by atoms with Gasteiger partial charge in [0.25, 0.3) is 11.8 Å². The van der Waals surface area contributed by atoms with Gasteiger partial charge < -0.3 is 25.8 Å². The number of amides is 2. The molecule has 1 saturated heterocycles. The first-order valence-electron chi connectivity index (χ1n) is 15.4. The largest absolute Gasteiger partial charge is 0.507 e. The van der Waals surface area contributed by atoms with E-state index in [0.29, 0.717) is 18.3 Å². The summed E-state index contributed by atoms with van der Waals surface area (Å²) in [6.07, 6.45) is 13.8. The van der Waals surface area contributed by atoms with E-state index in [1.165, 1.54) is 6.07 Å². The third-order valence-electron chi connectivity index (χ3n) is 9.20. The molecule has 2 aliphatic rings. The lowest BCUT2D eigenvalue weighted by molar-refractivity contribution is -0.138. The van der Waals surface area contributed by atoms with Crippen LogP contribution in [0, 0.1) is 11.8 Å². The van der Waals surface area contributed by atoms with E-state index in [0.717, 1.165) is 27.7 Å². The number of phenols is 2. The lowest BCUT2D eigenvalue weighted by Crippen LogP contribution is -2.68. The first-order valence-corrected chi connectivity index (χ1v) is 15.4. The molecule has 2 amide bonds. The molecule has 0 saturated carbocycles. The molecule has 5 N–H and O–H groups in total. The van der Waals surface area contributed by atoms with E-state index in [-0.39, 0.29) is 52.5 Å². The first kappa shape index (κ1) is 32.3. The Hall–Kier alpha value is -5.11. The van der Waals surface area contributed by atoms with Gasteiger partial charge in [-0.05, 0) is 50.8 Å². The highest BCUT2D eigenvalue weighted by Gasteiger charge is 2.50. The van der Waals surface area contributed by atoms with Crippen molar-refractivity contribution in [1.82, 2.24) is 15.6 Å². The molecule has 5 rings (SSSR count). The molecule has 2 aromatic carbocycles. The van der Waals surface area contributed by atoms with Gasteiger partial charge in [-0.15, -0.1) is 6.58 Å². The maximum absolute atomic E-state index is 13.9. The van der Waals surface area contributed by atoms with Gasteiger partial charge in [-0.25, -0.2) is 0 Å². The van der Waals surface area contributed by atoms with Crippen molar-refractivity contribution in [3.8, 4) is 11.5 Å². The number of nitrogens with one attached hydrogen (secondary N) is 3. The van der Waals surface area contributed by atoms with Crippen LogP contribution in [-0.2, 0) is 21.4 Å². The van der Waals surface area contributed by atoms with E-state index in [4.69, 9.17) is 0 Å². The lowest BCUT2D eigenvalue weighted by Gasteiger charge is -2.44. The van der Waals surface area contributed by atoms with E-state index in [1.807, 2.05) is 83.2 Å². The summed E-state index contributed by atoms with van der Waals surface area (Å²) >= 11 is 0. The van der Waals surface area contributed by atoms with Crippen LogP contribution in [-0.4, -0.2) is 38.8 Å². The summed E-state index contributed by atoms with van der Waals surface area (Å²) in [5.41, 5.74) is 2.79. The number of para-hydroxylation sites is 1. The summed E-state index contributed by atoms with van der Waals surface area (Å²) in [4.78, 5) is 43.0. The number of piperazine rings is 1. The van der Waals surface area contributed by atoms with Crippen LogP contribution in [0.2, 0.25) is 0 Å². The Kier molecular flexibility index (Phi) is 8.67. The number of aromatic nitrogens is 1. The van der Waals surface area contributed by atoms with Gasteiger partial charge in [0.2, 0.25) is 0 Å². The van der Waals surface area contributed by atoms with Crippen LogP contribution in [0.25, 0.3) is 23.1 Å². The fourth-order valence-electron chi connectivity index (χ4n) is 6.22. The molecule has 3 atom stereocenters. The molecule has 238 valence electrons. The van der Waals surface area contributed by atoms with E-state index in [1.54, 1.807) is 18.2 Å². The minimum Gasteiger partial charge on any atom is -0.507 e. The second-order valence-electron chi connectivity index (χ2n) is 13.1. The number of carbonyl (C=O) groups excluding carboxylic acids is 3. The molecule has 1 aliphatic heterocycles. The van der Waals surface area contributed by atoms with Crippen molar-refractivity contribution in [2.75, 3.05) is 0 Å². The van der Waals surface area contributed by atoms with Crippen molar-refractivity contribution >= 4 is 41.2 Å². The molecule has 1 fully saturated rings. The molecule has 1 aromatic heterocycles. The number of aldehydes is 1. The van der Waals surface area contributed by atoms with Gasteiger partial charge in [0, 0.05) is 44.6 Å². The quantitative estimate of drug-likeness (QED) is 0.0838. The standard InChI is InChI=1S/C38H41N3O5/c1-7-37(5,6)34-28(26-10-8-9-11-30(26)39-34)19-31-35(45)41-38(36(46)40-31)20-24(14-13-23(38)4)15-17-27-29(21-42)33(44)25(18-32(27)43)16-12-22(2)3/h7-15,17-19,21,23-24,39,43-44H,1,16,20H2,2-6H3,(H,40,46)(H,41,45)/b17-15+,31-19-/t23-,24+,38+/m0/s1. The summed E-state index contributed by atoms with van der Waals surface area (Å²) in [7, 11) is 0. The van der Waals surface area contributed by atoms with Gasteiger partial charge in [0.05, 0.1) is 5.56 Å². The Morgan fingerprint density at radius 2 is 1.85 bits per heavy atom. The Labute approximate surface area is 269 Å². The highest BCUT2D eigenvalue weighted by atomic mass is 16.3. The zero-order valence-corrected chi connectivity index (χ0v) is 26.9. The summed E-state index contributed by atoms with van der Waals surface area (Å²) in [5.74, 6) is -1.64. The van der Waals surface area contributed by atoms with Gasteiger partial charge in [0.1, 0.15) is 22.7 Å². The number of aromatic hydroxyl groups is 2. The van der Waals surface area contributed by atoms with Crippen LogP contribution in [0.4, 0.5) is 0 Å². The number of rotatable bonds is 8. The van der Waals surface area contributed by atoms with Crippen LogP contribution in [0.1, 0.15) is 73.8 Å². The van der Waals surface area contributed by atoms with Crippen molar-refractivity contribution in [2.45, 2.75) is 58.4 Å². The first-order chi connectivity index (χ1) is 21.8. The number of fused-ring (bicyclic) bond motifs is 1. The zero-order valence-electron chi connectivity index (χ0n) is 26.9. The molecule has 3 aromatic rings. The second-order valence-corrected chi connectivity index (χ2v) is 13.1. The minimum absolute atomic E-state index is 0.00829. The molecule has 1 aliphatic carbocycles.